The number of carbonyl (C=O) groups excluding carboxylic acids is 1. The normalized spacial score (nSPS) is 15.5. The predicted octanol–water partition coefficient (Wildman–Crippen LogP) is 1.90. The van der Waals surface area contributed by atoms with E-state index in [-0.39, 0.29) is 31.0 Å². The van der Waals surface area contributed by atoms with Crippen molar-refractivity contribution < 1.29 is 14.7 Å². The summed E-state index contributed by atoms with van der Waals surface area (Å²) in [6.45, 7) is 0.232. The molecule has 5 nitrogen and oxygen atoms in total. The fourth-order valence-electron chi connectivity index (χ4n) is 1.69. The van der Waals surface area contributed by atoms with Crippen LogP contribution in [0.15, 0.2) is 29.4 Å². The highest BCUT2D eigenvalue weighted by Gasteiger charge is 2.24. The SMILES string of the molecule is O=C(O)C1=NN(Cc2cccc(Cl)c2)C(=O)CC1. The van der Waals surface area contributed by atoms with E-state index < -0.39 is 5.97 Å². The van der Waals surface area contributed by atoms with Gasteiger partial charge in [0.1, 0.15) is 5.71 Å². The number of halogens is 1. The maximum Gasteiger partial charge on any atom is 0.352 e. The van der Waals surface area contributed by atoms with Crippen molar-refractivity contribution in [1.82, 2.24) is 5.01 Å². The zero-order valence-electron chi connectivity index (χ0n) is 9.47. The van der Waals surface area contributed by atoms with Crippen LogP contribution in [0.2, 0.25) is 5.02 Å². The van der Waals surface area contributed by atoms with E-state index in [4.69, 9.17) is 16.7 Å². The molecule has 0 aliphatic carbocycles. The van der Waals surface area contributed by atoms with Gasteiger partial charge in [-0.1, -0.05) is 23.7 Å². The molecule has 0 unspecified atom stereocenters. The summed E-state index contributed by atoms with van der Waals surface area (Å²) >= 11 is 5.84. The first-order valence-electron chi connectivity index (χ1n) is 5.42. The fraction of sp³-hybridized carbons (Fsp3) is 0.250. The summed E-state index contributed by atoms with van der Waals surface area (Å²) in [4.78, 5) is 22.5. The van der Waals surface area contributed by atoms with Crippen LogP contribution in [0.1, 0.15) is 18.4 Å². The summed E-state index contributed by atoms with van der Waals surface area (Å²) in [5, 5.41) is 14.5. The molecular formula is C12H11ClN2O3. The monoisotopic (exact) mass is 266 g/mol. The van der Waals surface area contributed by atoms with Gasteiger partial charge in [0.05, 0.1) is 6.54 Å². The summed E-state index contributed by atoms with van der Waals surface area (Å²) in [5.41, 5.74) is 0.822. The molecule has 1 aliphatic rings. The predicted molar refractivity (Wildman–Crippen MR) is 66.3 cm³/mol. The third kappa shape index (κ3) is 2.87. The van der Waals surface area contributed by atoms with Gasteiger partial charge in [-0.25, -0.2) is 9.80 Å². The second kappa shape index (κ2) is 5.18. The molecule has 1 amide bonds. The standard InChI is InChI=1S/C12H11ClN2O3/c13-9-3-1-2-8(6-9)7-15-11(16)5-4-10(14-15)12(17)18/h1-3,6H,4-5,7H2,(H,17,18). The lowest BCUT2D eigenvalue weighted by Gasteiger charge is -2.22. The summed E-state index contributed by atoms with van der Waals surface area (Å²) < 4.78 is 0. The Morgan fingerprint density at radius 2 is 2.22 bits per heavy atom. The molecule has 94 valence electrons. The van der Waals surface area contributed by atoms with Crippen molar-refractivity contribution in [2.75, 3.05) is 0 Å². The average molecular weight is 267 g/mol. The van der Waals surface area contributed by atoms with Crippen molar-refractivity contribution in [1.29, 1.82) is 0 Å². The molecule has 1 aromatic rings. The summed E-state index contributed by atoms with van der Waals surface area (Å²) in [6, 6.07) is 7.03. The van der Waals surface area contributed by atoms with Gasteiger partial charge < -0.3 is 5.11 Å². The van der Waals surface area contributed by atoms with Crippen LogP contribution in [0.3, 0.4) is 0 Å². The van der Waals surface area contributed by atoms with E-state index in [9.17, 15) is 9.59 Å². The average Bonchev–Trinajstić information content (AvgIpc) is 2.31. The zero-order chi connectivity index (χ0) is 13.1. The molecule has 1 heterocycles. The third-order valence-corrected chi connectivity index (χ3v) is 2.81. The van der Waals surface area contributed by atoms with Crippen molar-refractivity contribution >= 4 is 29.2 Å². The van der Waals surface area contributed by atoms with Crippen molar-refractivity contribution in [3.05, 3.63) is 34.9 Å². The number of amides is 1. The van der Waals surface area contributed by atoms with E-state index in [0.717, 1.165) is 5.56 Å². The number of hydrazone groups is 1. The van der Waals surface area contributed by atoms with E-state index in [0.29, 0.717) is 5.02 Å². The number of aliphatic carboxylic acids is 1. The van der Waals surface area contributed by atoms with Gasteiger partial charge in [0.25, 0.3) is 0 Å². The largest absolute Gasteiger partial charge is 0.477 e. The van der Waals surface area contributed by atoms with Gasteiger partial charge in [0.2, 0.25) is 5.91 Å². The Kier molecular flexibility index (Phi) is 3.62. The minimum Gasteiger partial charge on any atom is -0.477 e. The van der Waals surface area contributed by atoms with E-state index in [2.05, 4.69) is 5.10 Å². The van der Waals surface area contributed by atoms with Crippen LogP contribution in [0.4, 0.5) is 0 Å². The van der Waals surface area contributed by atoms with Crippen molar-refractivity contribution in [2.24, 2.45) is 5.10 Å². The number of nitrogens with zero attached hydrogens (tertiary/aromatic N) is 2. The molecule has 0 spiro atoms. The first-order chi connectivity index (χ1) is 8.56. The lowest BCUT2D eigenvalue weighted by Crippen LogP contribution is -2.33. The number of carbonyl (C=O) groups is 2. The Morgan fingerprint density at radius 3 is 2.89 bits per heavy atom. The van der Waals surface area contributed by atoms with Crippen LogP contribution < -0.4 is 0 Å². The van der Waals surface area contributed by atoms with Gasteiger partial charge in [-0.3, -0.25) is 4.79 Å². The minimum atomic E-state index is -1.08. The molecule has 0 fully saturated rings. The smallest absolute Gasteiger partial charge is 0.352 e. The van der Waals surface area contributed by atoms with E-state index in [1.54, 1.807) is 18.2 Å². The first kappa shape index (κ1) is 12.6. The molecule has 18 heavy (non-hydrogen) atoms. The quantitative estimate of drug-likeness (QED) is 0.908. The lowest BCUT2D eigenvalue weighted by molar-refractivity contribution is -0.133. The van der Waals surface area contributed by atoms with Crippen molar-refractivity contribution in [2.45, 2.75) is 19.4 Å². The molecule has 0 saturated carbocycles. The minimum absolute atomic E-state index is 0.0108. The Bertz CT molecular complexity index is 528. The number of hydrogen-bond donors (Lipinski definition) is 1. The van der Waals surface area contributed by atoms with Crippen molar-refractivity contribution in [3.63, 3.8) is 0 Å². The summed E-state index contributed by atoms with van der Waals surface area (Å²) in [5.74, 6) is -1.27. The second-order valence-electron chi connectivity index (χ2n) is 3.93. The maximum atomic E-state index is 11.6. The third-order valence-electron chi connectivity index (χ3n) is 2.57. The van der Waals surface area contributed by atoms with Gasteiger partial charge in [-0.2, -0.15) is 5.10 Å². The van der Waals surface area contributed by atoms with Crippen LogP contribution in [0.5, 0.6) is 0 Å². The van der Waals surface area contributed by atoms with Crippen LogP contribution in [-0.2, 0) is 16.1 Å². The van der Waals surface area contributed by atoms with Gasteiger partial charge in [-0.15, -0.1) is 0 Å². The summed E-state index contributed by atoms with van der Waals surface area (Å²) in [6.07, 6.45) is 0.353. The number of hydrogen-bond acceptors (Lipinski definition) is 3. The molecule has 0 atom stereocenters. The molecule has 1 aromatic carbocycles. The topological polar surface area (TPSA) is 70.0 Å². The van der Waals surface area contributed by atoms with E-state index in [1.807, 2.05) is 6.07 Å². The Balaban J connectivity index is 2.19. The van der Waals surface area contributed by atoms with E-state index >= 15 is 0 Å². The zero-order valence-corrected chi connectivity index (χ0v) is 10.2. The van der Waals surface area contributed by atoms with E-state index in [1.165, 1.54) is 5.01 Å². The number of carboxylic acid groups (broad SMARTS) is 1. The molecule has 6 heteroatoms. The molecule has 1 aliphatic heterocycles. The number of rotatable bonds is 3. The van der Waals surface area contributed by atoms with Gasteiger partial charge in [0, 0.05) is 17.9 Å². The van der Waals surface area contributed by atoms with Crippen LogP contribution in [-0.4, -0.2) is 27.7 Å². The van der Waals surface area contributed by atoms with Crippen LogP contribution in [0.25, 0.3) is 0 Å². The van der Waals surface area contributed by atoms with Gasteiger partial charge in [-0.05, 0) is 17.7 Å². The number of carboxylic acids is 1. The highest BCUT2D eigenvalue weighted by Crippen LogP contribution is 2.16. The first-order valence-corrected chi connectivity index (χ1v) is 5.79. The molecule has 0 bridgehead atoms. The highest BCUT2D eigenvalue weighted by molar-refractivity contribution is 6.36. The van der Waals surface area contributed by atoms with Crippen LogP contribution >= 0.6 is 11.6 Å². The summed E-state index contributed by atoms with van der Waals surface area (Å²) in [7, 11) is 0. The highest BCUT2D eigenvalue weighted by atomic mass is 35.5. The molecule has 2 rings (SSSR count). The Labute approximate surface area is 109 Å². The fourth-order valence-corrected chi connectivity index (χ4v) is 1.90. The van der Waals surface area contributed by atoms with Gasteiger partial charge >= 0.3 is 5.97 Å². The molecule has 0 saturated heterocycles. The van der Waals surface area contributed by atoms with Crippen LogP contribution in [0, 0.1) is 0 Å². The van der Waals surface area contributed by atoms with Gasteiger partial charge in [0.15, 0.2) is 0 Å². The van der Waals surface area contributed by atoms with Crippen molar-refractivity contribution in [3.8, 4) is 0 Å². The molecule has 0 aromatic heterocycles. The maximum absolute atomic E-state index is 11.6. The second-order valence-corrected chi connectivity index (χ2v) is 4.37. The molecule has 1 N–H and O–H groups in total. The number of benzene rings is 1. The Morgan fingerprint density at radius 1 is 1.44 bits per heavy atom. The Hall–Kier alpha value is -1.88. The molecule has 0 radical (unpaired) electrons. The molecular weight excluding hydrogens is 256 g/mol. The lowest BCUT2D eigenvalue weighted by atomic mass is 10.1.